The Morgan fingerprint density at radius 1 is 0.327 bits per heavy atom. The second-order valence-electron chi connectivity index (χ2n) is 12.5. The summed E-state index contributed by atoms with van der Waals surface area (Å²) >= 11 is 1.87. The Balaban J connectivity index is 1.26. The quantitative estimate of drug-likeness (QED) is 0.179. The molecule has 0 saturated heterocycles. The van der Waals surface area contributed by atoms with Gasteiger partial charge in [0, 0.05) is 36.9 Å². The lowest BCUT2D eigenvalue weighted by Crippen LogP contribution is -1.98. The van der Waals surface area contributed by atoms with Gasteiger partial charge in [-0.05, 0) is 73.8 Å². The van der Waals surface area contributed by atoms with Gasteiger partial charge in [-0.3, -0.25) is 0 Å². The van der Waals surface area contributed by atoms with Crippen LogP contribution in [0.1, 0.15) is 0 Å². The molecule has 0 spiro atoms. The van der Waals surface area contributed by atoms with Crippen LogP contribution in [0.3, 0.4) is 0 Å². The molecule has 0 radical (unpaired) electrons. The molecule has 0 N–H and O–H groups in total. The van der Waals surface area contributed by atoms with E-state index in [4.69, 9.17) is 9.97 Å². The van der Waals surface area contributed by atoms with E-state index < -0.39 is 0 Å². The molecule has 0 fully saturated rings. The Labute approximate surface area is 287 Å². The molecule has 49 heavy (non-hydrogen) atoms. The summed E-state index contributed by atoms with van der Waals surface area (Å²) in [6.45, 7) is 0. The molecule has 0 saturated carbocycles. The zero-order chi connectivity index (χ0) is 32.3. The Kier molecular flexibility index (Phi) is 6.39. The van der Waals surface area contributed by atoms with Crippen LogP contribution >= 0.6 is 11.3 Å². The van der Waals surface area contributed by atoms with Gasteiger partial charge in [0.1, 0.15) is 0 Å². The van der Waals surface area contributed by atoms with E-state index in [1.807, 2.05) is 23.5 Å². The molecular weight excluding hydrogens is 613 g/mol. The lowest BCUT2D eigenvalue weighted by atomic mass is 9.87. The van der Waals surface area contributed by atoms with E-state index in [0.717, 1.165) is 44.7 Å². The van der Waals surface area contributed by atoms with Crippen molar-refractivity contribution in [3.63, 3.8) is 0 Å². The molecule has 2 nitrogen and oxygen atoms in total. The Hall–Kier alpha value is -6.16. The summed E-state index contributed by atoms with van der Waals surface area (Å²) in [5, 5.41) is 9.82. The zero-order valence-corrected chi connectivity index (χ0v) is 27.3. The second-order valence-corrected chi connectivity index (χ2v) is 13.6. The Morgan fingerprint density at radius 2 is 0.816 bits per heavy atom. The van der Waals surface area contributed by atoms with Crippen LogP contribution in [-0.2, 0) is 0 Å². The van der Waals surface area contributed by atoms with Crippen molar-refractivity contribution in [1.82, 2.24) is 9.97 Å². The Morgan fingerprint density at radius 3 is 1.41 bits per heavy atom. The highest BCUT2D eigenvalue weighted by atomic mass is 32.1. The first kappa shape index (κ1) is 27.9. The van der Waals surface area contributed by atoms with E-state index in [1.165, 1.54) is 52.8 Å². The van der Waals surface area contributed by atoms with E-state index in [1.54, 1.807) is 0 Å². The average Bonchev–Trinajstić information content (AvgIpc) is 3.53. The molecule has 0 aliphatic heterocycles. The molecule has 0 aliphatic rings. The van der Waals surface area contributed by atoms with Crippen LogP contribution in [0.25, 0.3) is 97.5 Å². The maximum atomic E-state index is 5.29. The number of aromatic nitrogens is 2. The number of benzene rings is 8. The third-order valence-electron chi connectivity index (χ3n) is 9.65. The highest BCUT2D eigenvalue weighted by Crippen LogP contribution is 2.45. The van der Waals surface area contributed by atoms with E-state index in [9.17, 15) is 0 Å². The van der Waals surface area contributed by atoms with Crippen LogP contribution in [-0.4, -0.2) is 9.97 Å². The minimum Gasteiger partial charge on any atom is -0.228 e. The predicted octanol–water partition coefficient (Wildman–Crippen LogP) is 13.0. The molecule has 10 rings (SSSR count). The SMILES string of the molecule is c1ccc(-c2cc(-c3ccccc3)nc(-c3c4ccccc4c(-c4ccc5sc6cc7ccccc7cc6c5c4)c4ccccc34)n2)cc1. The van der Waals surface area contributed by atoms with Gasteiger partial charge in [0.05, 0.1) is 11.4 Å². The van der Waals surface area contributed by atoms with Crippen molar-refractivity contribution in [2.75, 3.05) is 0 Å². The van der Waals surface area contributed by atoms with Crippen molar-refractivity contribution in [2.24, 2.45) is 0 Å². The fraction of sp³-hybridized carbons (Fsp3) is 0. The van der Waals surface area contributed by atoms with Crippen molar-refractivity contribution < 1.29 is 0 Å². The molecule has 3 heteroatoms. The zero-order valence-electron chi connectivity index (χ0n) is 26.5. The van der Waals surface area contributed by atoms with E-state index in [2.05, 4.69) is 158 Å². The van der Waals surface area contributed by atoms with Crippen LogP contribution in [0, 0.1) is 0 Å². The number of hydrogen-bond acceptors (Lipinski definition) is 3. The highest BCUT2D eigenvalue weighted by Gasteiger charge is 2.20. The van der Waals surface area contributed by atoms with Gasteiger partial charge in [-0.15, -0.1) is 11.3 Å². The van der Waals surface area contributed by atoms with Gasteiger partial charge in [-0.25, -0.2) is 9.97 Å². The van der Waals surface area contributed by atoms with Crippen LogP contribution < -0.4 is 0 Å². The summed E-state index contributed by atoms with van der Waals surface area (Å²) in [6, 6.07) is 60.8. The minimum absolute atomic E-state index is 0.727. The lowest BCUT2D eigenvalue weighted by Gasteiger charge is -2.18. The maximum Gasteiger partial charge on any atom is 0.161 e. The fourth-order valence-electron chi connectivity index (χ4n) is 7.37. The Bertz CT molecular complexity index is 2760. The van der Waals surface area contributed by atoms with Gasteiger partial charge in [-0.1, -0.05) is 140 Å². The predicted molar refractivity (Wildman–Crippen MR) is 209 cm³/mol. The standard InChI is InChI=1S/C46H28N2S/c1-3-13-29(14-4-1)40-28-41(30-15-5-2-6-16-30)48-46(47-40)45-36-21-11-9-19-34(36)44(35-20-10-12-22-37(35)45)33-23-24-42-38(26-33)39-25-31-17-7-8-18-32(31)27-43(39)49-42/h1-28H. The second kappa shape index (κ2) is 11.2. The maximum absolute atomic E-state index is 5.29. The first-order valence-electron chi connectivity index (χ1n) is 16.6. The van der Waals surface area contributed by atoms with Crippen molar-refractivity contribution in [3.8, 4) is 45.0 Å². The van der Waals surface area contributed by atoms with Crippen molar-refractivity contribution >= 4 is 63.8 Å². The topological polar surface area (TPSA) is 25.8 Å². The van der Waals surface area contributed by atoms with Gasteiger partial charge in [0.15, 0.2) is 5.82 Å². The number of nitrogens with zero attached hydrogens (tertiary/aromatic N) is 2. The molecule has 2 heterocycles. The molecule has 8 aromatic carbocycles. The summed E-state index contributed by atoms with van der Waals surface area (Å²) in [6.07, 6.45) is 0. The van der Waals surface area contributed by atoms with Crippen LogP contribution in [0.5, 0.6) is 0 Å². The molecule has 10 aromatic rings. The van der Waals surface area contributed by atoms with Gasteiger partial charge >= 0.3 is 0 Å². The summed E-state index contributed by atoms with van der Waals surface area (Å²) in [5.41, 5.74) is 7.45. The number of hydrogen-bond donors (Lipinski definition) is 0. The van der Waals surface area contributed by atoms with Gasteiger partial charge in [0.25, 0.3) is 0 Å². The molecule has 0 unspecified atom stereocenters. The van der Waals surface area contributed by atoms with Crippen LogP contribution in [0.2, 0.25) is 0 Å². The third kappa shape index (κ3) is 4.62. The van der Waals surface area contributed by atoms with Crippen LogP contribution in [0.15, 0.2) is 170 Å². The average molecular weight is 641 g/mol. The fourth-order valence-corrected chi connectivity index (χ4v) is 8.49. The minimum atomic E-state index is 0.727. The molecule has 0 aliphatic carbocycles. The van der Waals surface area contributed by atoms with E-state index in [-0.39, 0.29) is 0 Å². The lowest BCUT2D eigenvalue weighted by molar-refractivity contribution is 1.19. The van der Waals surface area contributed by atoms with Crippen molar-refractivity contribution in [1.29, 1.82) is 0 Å². The first-order valence-corrected chi connectivity index (χ1v) is 17.4. The van der Waals surface area contributed by atoms with Gasteiger partial charge in [-0.2, -0.15) is 0 Å². The largest absolute Gasteiger partial charge is 0.228 e. The number of fused-ring (bicyclic) bond motifs is 6. The van der Waals surface area contributed by atoms with Crippen molar-refractivity contribution in [2.45, 2.75) is 0 Å². The molecule has 0 bridgehead atoms. The summed E-state index contributed by atoms with van der Waals surface area (Å²) < 4.78 is 2.62. The smallest absolute Gasteiger partial charge is 0.161 e. The molecule has 0 amide bonds. The number of rotatable bonds is 4. The summed E-state index contributed by atoms with van der Waals surface area (Å²) in [7, 11) is 0. The number of thiophene rings is 1. The van der Waals surface area contributed by atoms with E-state index in [0.29, 0.717) is 0 Å². The summed E-state index contributed by atoms with van der Waals surface area (Å²) in [4.78, 5) is 10.6. The monoisotopic (exact) mass is 640 g/mol. The third-order valence-corrected chi connectivity index (χ3v) is 10.8. The van der Waals surface area contributed by atoms with Crippen LogP contribution in [0.4, 0.5) is 0 Å². The van der Waals surface area contributed by atoms with E-state index >= 15 is 0 Å². The first-order chi connectivity index (χ1) is 24.3. The summed E-state index contributed by atoms with van der Waals surface area (Å²) in [5.74, 6) is 0.727. The van der Waals surface area contributed by atoms with Gasteiger partial charge < -0.3 is 0 Å². The normalized spacial score (nSPS) is 11.7. The molecular formula is C46H28N2S. The van der Waals surface area contributed by atoms with Gasteiger partial charge in [0.2, 0.25) is 0 Å². The molecule has 228 valence electrons. The molecule has 0 atom stereocenters. The van der Waals surface area contributed by atoms with Crippen molar-refractivity contribution in [3.05, 3.63) is 170 Å². The molecule has 2 aromatic heterocycles. The highest BCUT2D eigenvalue weighted by molar-refractivity contribution is 7.25.